The maximum Gasteiger partial charge on any atom is 0.334 e. The molecule has 3 amide bonds. The molecule has 23 nitrogen and oxygen atoms in total. The molecular formula is C100H108FN6O17S-. The standard InChI is InChI=1S/C26H27NO4.C25H28N2O4.C24H25FN2O4.C15H21NO3.C10H8O2S/c1-16-21-12-9-17(6-5-13-26(2)23(31-26)22(21)30-25(16)29)15-27-24(28)20-11-10-18-7-3-4-8-19(18)14-20;1-15-17-11-10-16(7-6-12-25(2)22(31-25)21(17)30-24(15)29)13-26-23(28)19-14-27(3)20-9-5-4-8-18(19)20;1-13-16-7-5-14(4-3-9-24(2)21(31-24)20(16)30-23(13)29)11-27-22(28)18-12-26-19-8-6-15(25)10-17(18)19;1-9-11-6-5-10(8-16)4-3-7-15(2)13(19-15)12(11)18-14(9)17;11-13(12)10-6-5-8-3-1-2-4-9(8)7-10/h3-4,6-8,10-11,14,21-23H,1,5,9,12-13,15H2,2H3,(H,27,28);4-5,7-9,14,17,21-22H,1,6,10-13H2,2-3H3,(H,26,28);4,6,8,10,12,16,20-21,26H,1,3,5,7,9,11H2,2H3,(H,27,28);4,11-13H,1,3,5-8,16H2,2H3;1-7H,(H,11,12)/p-1/b17-6+;16-7+;14-4+;10-4+;/t21-,22-,23-,26+;17-,21-,22-,25+;16-,20-,21-,24+;11-,12-,13-,15+;/m0000./s1. The third kappa shape index (κ3) is 18.9. The Hall–Kier alpha value is -11.0. The topological polar surface area (TPSA) is 329 Å². The zero-order chi connectivity index (χ0) is 88.0. The number of halogens is 1. The maximum absolute atomic E-state index is 13.6. The fraction of sp³-hybridized carbons (Fsp3) is 0.410. The molecule has 6 N–H and O–H groups in total. The van der Waals surface area contributed by atoms with Crippen LogP contribution in [0.25, 0.3) is 43.4 Å². The SMILES string of the molecule is C=C1C(=O)O[C@H]2[C@H]1CC/C(CN)=C\CC[C@@]1(C)O[C@@H]21.C=C1C(=O)O[C@H]2[C@H]1CC/C(CNC(=O)c1c[nH]c3ccc(F)cc13)=C\CC[C@@]1(C)O[C@@H]21.C=C1C(=O)O[C@H]2[C@H]1CC/C(CNC(=O)c1ccc3ccccc3c1)=C\CC[C@@]1(C)O[C@@H]21.C=C1C(=O)O[C@H]2[C@H]1CC/C(CNC(=O)c1cn(C)c3ccccc13)=C\CC[C@@]1(C)O[C@@H]21.O=S([O-])c1ccc2ccccc2c1. The summed E-state index contributed by atoms with van der Waals surface area (Å²) < 4.78 is 82.8. The average Bonchev–Trinajstić information content (AvgIpc) is 1.59. The van der Waals surface area contributed by atoms with Crippen LogP contribution in [0.3, 0.4) is 0 Å². The fourth-order valence-corrected chi connectivity index (χ4v) is 19.8. The molecule has 0 bridgehead atoms. The predicted octanol–water partition coefficient (Wildman–Crippen LogP) is 15.6. The Balaban J connectivity index is 0.000000119. The lowest BCUT2D eigenvalue weighted by Gasteiger charge is -2.20. The summed E-state index contributed by atoms with van der Waals surface area (Å²) in [6, 6.07) is 38.8. The Kier molecular flexibility index (Phi) is 25.3. The number of rotatable bonds is 11. The van der Waals surface area contributed by atoms with Gasteiger partial charge in [0.25, 0.3) is 17.7 Å². The fourth-order valence-electron chi connectivity index (χ4n) is 19.4. The third-order valence-electron chi connectivity index (χ3n) is 27.4. The number of H-pyrrole nitrogens is 1. The Morgan fingerprint density at radius 1 is 0.488 bits per heavy atom. The van der Waals surface area contributed by atoms with Crippen molar-refractivity contribution in [3.63, 3.8) is 0 Å². The number of carbonyl (C=O) groups is 7. The highest BCUT2D eigenvalue weighted by atomic mass is 32.2. The van der Waals surface area contributed by atoms with Crippen LogP contribution in [0.4, 0.5) is 4.39 Å². The molecular weight excluding hydrogens is 1610 g/mol. The third-order valence-corrected chi connectivity index (χ3v) is 28.0. The number of fused-ring (bicyclic) bond motifs is 16. The normalized spacial score (nSPS) is 31.9. The van der Waals surface area contributed by atoms with Crippen LogP contribution in [0, 0.1) is 29.5 Å². The van der Waals surface area contributed by atoms with Gasteiger partial charge in [-0.1, -0.05) is 152 Å². The van der Waals surface area contributed by atoms with Gasteiger partial charge in [0.2, 0.25) is 0 Å². The molecule has 10 heterocycles. The molecule has 8 aliphatic heterocycles. The average molecular weight is 1720 g/mol. The molecule has 1 unspecified atom stereocenters. The molecule has 8 aromatic rings. The number of hydrogen-bond acceptors (Lipinski definition) is 18. The summed E-state index contributed by atoms with van der Waals surface area (Å²) in [4.78, 5) is 89.8. The van der Waals surface area contributed by atoms with E-state index in [1.54, 1.807) is 30.5 Å². The van der Waals surface area contributed by atoms with E-state index in [9.17, 15) is 46.7 Å². The monoisotopic (exact) mass is 1720 g/mol. The van der Waals surface area contributed by atoms with Crippen LogP contribution >= 0.6 is 0 Å². The van der Waals surface area contributed by atoms with Crippen molar-refractivity contribution in [3.8, 4) is 0 Å². The van der Waals surface area contributed by atoms with Gasteiger partial charge in [-0.15, -0.1) is 0 Å². The number of esters is 4. The second kappa shape index (κ2) is 36.1. The van der Waals surface area contributed by atoms with Crippen LogP contribution in [0.1, 0.15) is 162 Å². The van der Waals surface area contributed by atoms with Crippen LogP contribution < -0.4 is 21.7 Å². The van der Waals surface area contributed by atoms with E-state index in [0.29, 0.717) is 87.4 Å². The molecule has 125 heavy (non-hydrogen) atoms. The first-order chi connectivity index (χ1) is 60.0. The zero-order valence-electron chi connectivity index (χ0n) is 71.2. The minimum Gasteiger partial charge on any atom is -0.768 e. The second-order valence-corrected chi connectivity index (χ2v) is 36.7. The van der Waals surface area contributed by atoms with Crippen molar-refractivity contribution in [1.29, 1.82) is 0 Å². The summed E-state index contributed by atoms with van der Waals surface area (Å²) in [7, 11) is 1.95. The molecule has 20 rings (SSSR count). The first-order valence-electron chi connectivity index (χ1n) is 43.4. The second-order valence-electron chi connectivity index (χ2n) is 35.8. The van der Waals surface area contributed by atoms with E-state index in [-0.39, 0.29) is 142 Å². The van der Waals surface area contributed by atoms with Crippen molar-refractivity contribution >= 4 is 96.0 Å². The molecule has 12 aliphatic rings. The van der Waals surface area contributed by atoms with Crippen molar-refractivity contribution in [3.05, 3.63) is 257 Å². The lowest BCUT2D eigenvalue weighted by atomic mass is 9.84. The maximum atomic E-state index is 13.6. The number of nitrogens with zero attached hydrogens (tertiary/aromatic N) is 1. The van der Waals surface area contributed by atoms with Crippen molar-refractivity contribution < 1.29 is 84.6 Å². The molecule has 654 valence electrons. The van der Waals surface area contributed by atoms with Gasteiger partial charge in [0.05, 0.1) is 33.5 Å². The number of para-hydroxylation sites is 1. The molecule has 0 saturated carbocycles. The van der Waals surface area contributed by atoms with Crippen LogP contribution in [0.15, 0.2) is 240 Å². The van der Waals surface area contributed by atoms with Crippen LogP contribution in [-0.2, 0) is 75.2 Å². The summed E-state index contributed by atoms with van der Waals surface area (Å²) in [6.45, 7) is 26.0. The van der Waals surface area contributed by atoms with E-state index >= 15 is 0 Å². The van der Waals surface area contributed by atoms with Gasteiger partial charge in [0.1, 0.15) is 54.6 Å². The number of hydrogen-bond donors (Lipinski definition) is 5. The molecule has 0 radical (unpaired) electrons. The van der Waals surface area contributed by atoms with E-state index in [0.717, 1.165) is 134 Å². The largest absolute Gasteiger partial charge is 0.768 e. The number of ether oxygens (including phenoxy) is 8. The number of allylic oxidation sites excluding steroid dienone is 4. The highest BCUT2D eigenvalue weighted by molar-refractivity contribution is 7.79. The van der Waals surface area contributed by atoms with Crippen LogP contribution in [0.2, 0.25) is 0 Å². The summed E-state index contributed by atoms with van der Waals surface area (Å²) in [6.07, 6.45) is 24.7. The minimum absolute atomic E-state index is 0.0305. The van der Waals surface area contributed by atoms with E-state index in [1.807, 2.05) is 109 Å². The Bertz CT molecular complexity index is 5840. The summed E-state index contributed by atoms with van der Waals surface area (Å²) in [5.74, 6) is -2.06. The number of aromatic amines is 1. The van der Waals surface area contributed by atoms with Crippen LogP contribution in [0.5, 0.6) is 0 Å². The highest BCUT2D eigenvalue weighted by Gasteiger charge is 2.65. The number of amides is 3. The molecule has 2 aromatic heterocycles. The zero-order valence-corrected chi connectivity index (χ0v) is 72.1. The number of carbonyl (C=O) groups excluding carboxylic acids is 7. The number of nitrogens with one attached hydrogen (secondary N) is 4. The minimum atomic E-state index is -2.13. The molecule has 0 spiro atoms. The van der Waals surface area contributed by atoms with Crippen LogP contribution in [-0.4, -0.2) is 157 Å². The van der Waals surface area contributed by atoms with Gasteiger partial charge >= 0.3 is 23.9 Å². The quantitative estimate of drug-likeness (QED) is 0.0201. The smallest absolute Gasteiger partial charge is 0.334 e. The van der Waals surface area contributed by atoms with Gasteiger partial charge in [-0.05, 0) is 212 Å². The molecule has 17 atom stereocenters. The van der Waals surface area contributed by atoms with Gasteiger partial charge in [0, 0.05) is 124 Å². The lowest BCUT2D eigenvalue weighted by Crippen LogP contribution is -2.30. The van der Waals surface area contributed by atoms with Crippen molar-refractivity contribution in [2.75, 3.05) is 26.2 Å². The van der Waals surface area contributed by atoms with Gasteiger partial charge in [-0.2, -0.15) is 0 Å². The number of epoxide rings is 4. The van der Waals surface area contributed by atoms with Crippen molar-refractivity contribution in [2.24, 2.45) is 36.5 Å². The molecule has 6 aromatic carbocycles. The van der Waals surface area contributed by atoms with E-state index < -0.39 is 11.1 Å². The van der Waals surface area contributed by atoms with Gasteiger partial charge in [-0.3, -0.25) is 18.6 Å². The molecule has 8 fully saturated rings. The molecule has 4 aliphatic carbocycles. The van der Waals surface area contributed by atoms with E-state index in [1.165, 1.54) is 28.9 Å². The summed E-state index contributed by atoms with van der Waals surface area (Å²) in [5.41, 5.74) is 15.2. The Labute approximate surface area is 728 Å². The van der Waals surface area contributed by atoms with Crippen molar-refractivity contribution in [2.45, 2.75) is 207 Å². The predicted molar refractivity (Wildman–Crippen MR) is 472 cm³/mol. The Morgan fingerprint density at radius 3 is 1.31 bits per heavy atom. The number of nitrogens with two attached hydrogens (primary N) is 1. The number of benzene rings is 6. The first-order valence-corrected chi connectivity index (χ1v) is 44.5. The lowest BCUT2D eigenvalue weighted by molar-refractivity contribution is -0.140. The highest BCUT2D eigenvalue weighted by Crippen LogP contribution is 2.54. The summed E-state index contributed by atoms with van der Waals surface area (Å²) in [5, 5.41) is 14.8. The first kappa shape index (κ1) is 87.4. The molecule has 25 heteroatoms. The van der Waals surface area contributed by atoms with Gasteiger partial charge in [-0.25, -0.2) is 23.6 Å². The Morgan fingerprint density at radius 2 is 0.872 bits per heavy atom. The van der Waals surface area contributed by atoms with E-state index in [2.05, 4.69) is 99.2 Å². The number of aromatic nitrogens is 2. The van der Waals surface area contributed by atoms with Gasteiger partial charge in [0.15, 0.2) is 0 Å². The van der Waals surface area contributed by atoms with E-state index in [4.69, 9.17) is 43.6 Å². The number of aryl methyl sites for hydroxylation is 1. The van der Waals surface area contributed by atoms with Gasteiger partial charge < -0.3 is 73.7 Å². The molecule has 8 saturated heterocycles. The van der Waals surface area contributed by atoms with Crippen molar-refractivity contribution in [1.82, 2.24) is 25.5 Å². The summed E-state index contributed by atoms with van der Waals surface area (Å²) >= 11 is -2.13.